The Morgan fingerprint density at radius 2 is 2.07 bits per heavy atom. The second kappa shape index (κ2) is 9.25. The molecule has 1 N–H and O–H groups in total. The Hall–Kier alpha value is -3.03. The van der Waals surface area contributed by atoms with Crippen LogP contribution in [0, 0.1) is 5.82 Å². The number of nitrogens with one attached hydrogen (secondary N) is 1. The number of hydrogen-bond acceptors (Lipinski definition) is 5. The molecule has 1 aromatic rings. The number of anilines is 1. The Morgan fingerprint density at radius 1 is 1.32 bits per heavy atom. The molecule has 0 spiro atoms. The molecule has 2 aliphatic rings. The Kier molecular flexibility index (Phi) is 6.52. The van der Waals surface area contributed by atoms with Crippen molar-refractivity contribution in [3.8, 4) is 0 Å². The minimum atomic E-state index is -0.349. The Balaban J connectivity index is 1.55. The van der Waals surface area contributed by atoms with Crippen molar-refractivity contribution in [3.63, 3.8) is 0 Å². The second-order valence-electron chi connectivity index (χ2n) is 6.47. The molecule has 1 aromatic heterocycles. The van der Waals surface area contributed by atoms with Crippen LogP contribution in [0.3, 0.4) is 0 Å². The fraction of sp³-hybridized carbons (Fsp3) is 0.400. The highest BCUT2D eigenvalue weighted by molar-refractivity contribution is 5.75. The molecule has 28 heavy (non-hydrogen) atoms. The van der Waals surface area contributed by atoms with Crippen LogP contribution < -0.4 is 10.2 Å². The van der Waals surface area contributed by atoms with E-state index in [1.165, 1.54) is 6.20 Å². The Labute approximate surface area is 164 Å². The van der Waals surface area contributed by atoms with E-state index < -0.39 is 0 Å². The lowest BCUT2D eigenvalue weighted by atomic mass is 10.1. The number of amides is 2. The topological polar surface area (TPSA) is 66.9 Å². The Bertz CT molecular complexity index is 785. The molecule has 2 aliphatic heterocycles. The van der Waals surface area contributed by atoms with Gasteiger partial charge in [-0.1, -0.05) is 18.7 Å². The molecule has 0 unspecified atom stereocenters. The van der Waals surface area contributed by atoms with Crippen molar-refractivity contribution < 1.29 is 18.7 Å². The molecule has 150 valence electrons. The SMILES string of the molecule is C=C/C=C(/CNC(=O)N1CCN(c2ccncc2F)CC1)C1=C(C)OCCO1. The third-order valence-electron chi connectivity index (χ3n) is 4.67. The molecule has 0 aromatic carbocycles. The van der Waals surface area contributed by atoms with Gasteiger partial charge in [0, 0.05) is 44.5 Å². The van der Waals surface area contributed by atoms with Crippen LogP contribution in [0.5, 0.6) is 0 Å². The number of nitrogens with zero attached hydrogens (tertiary/aromatic N) is 3. The average Bonchev–Trinajstić information content (AvgIpc) is 2.72. The molecule has 0 aliphatic carbocycles. The smallest absolute Gasteiger partial charge is 0.317 e. The van der Waals surface area contributed by atoms with E-state index in [1.54, 1.807) is 29.3 Å². The zero-order valence-corrected chi connectivity index (χ0v) is 16.0. The van der Waals surface area contributed by atoms with Gasteiger partial charge < -0.3 is 24.6 Å². The lowest BCUT2D eigenvalue weighted by Crippen LogP contribution is -2.52. The van der Waals surface area contributed by atoms with Gasteiger partial charge in [0.15, 0.2) is 11.6 Å². The van der Waals surface area contributed by atoms with Gasteiger partial charge in [-0.05, 0) is 13.0 Å². The van der Waals surface area contributed by atoms with Gasteiger partial charge in [-0.25, -0.2) is 9.18 Å². The van der Waals surface area contributed by atoms with Crippen molar-refractivity contribution in [2.45, 2.75) is 6.92 Å². The lowest BCUT2D eigenvalue weighted by Gasteiger charge is -2.36. The summed E-state index contributed by atoms with van der Waals surface area (Å²) in [4.78, 5) is 20.0. The highest BCUT2D eigenvalue weighted by Crippen LogP contribution is 2.21. The maximum atomic E-state index is 13.9. The van der Waals surface area contributed by atoms with E-state index in [2.05, 4.69) is 16.9 Å². The van der Waals surface area contributed by atoms with Crippen molar-refractivity contribution in [1.29, 1.82) is 0 Å². The molecule has 3 heterocycles. The summed E-state index contributed by atoms with van der Waals surface area (Å²) in [6.45, 7) is 9.00. The standard InChI is InChI=1S/C20H25FN4O3/c1-3-4-16(19-15(2)27-11-12-28-19)13-23-20(26)25-9-7-24(8-10-25)18-5-6-22-14-17(18)21/h3-6,14H,1,7-13H2,2H3,(H,23,26)/b16-4-. The van der Waals surface area contributed by atoms with Gasteiger partial charge >= 0.3 is 6.03 Å². The largest absolute Gasteiger partial charge is 0.491 e. The van der Waals surface area contributed by atoms with Crippen molar-refractivity contribution in [1.82, 2.24) is 15.2 Å². The highest BCUT2D eigenvalue weighted by Gasteiger charge is 2.23. The number of hydrogen-bond donors (Lipinski definition) is 1. The molecule has 7 nitrogen and oxygen atoms in total. The molecule has 0 bridgehead atoms. The van der Waals surface area contributed by atoms with E-state index in [1.807, 2.05) is 11.8 Å². The molecule has 0 atom stereocenters. The number of pyridine rings is 1. The van der Waals surface area contributed by atoms with Crippen LogP contribution in [0.2, 0.25) is 0 Å². The predicted octanol–water partition coefficient (Wildman–Crippen LogP) is 2.44. The van der Waals surface area contributed by atoms with Crippen molar-refractivity contribution in [3.05, 3.63) is 60.1 Å². The molecular formula is C20H25FN4O3. The number of rotatable bonds is 5. The summed E-state index contributed by atoms with van der Waals surface area (Å²) < 4.78 is 25.1. The number of urea groups is 1. The van der Waals surface area contributed by atoms with E-state index in [0.717, 1.165) is 5.57 Å². The van der Waals surface area contributed by atoms with E-state index in [9.17, 15) is 9.18 Å². The van der Waals surface area contributed by atoms with E-state index in [-0.39, 0.29) is 11.8 Å². The van der Waals surface area contributed by atoms with E-state index in [0.29, 0.717) is 63.1 Å². The minimum absolute atomic E-state index is 0.167. The highest BCUT2D eigenvalue weighted by atomic mass is 19.1. The van der Waals surface area contributed by atoms with Gasteiger partial charge in [-0.3, -0.25) is 4.98 Å². The molecule has 0 radical (unpaired) electrons. The number of ether oxygens (including phenoxy) is 2. The third kappa shape index (κ3) is 4.62. The lowest BCUT2D eigenvalue weighted by molar-refractivity contribution is 0.0679. The second-order valence-corrected chi connectivity index (χ2v) is 6.47. The number of halogens is 1. The van der Waals surface area contributed by atoms with Crippen LogP contribution in [-0.2, 0) is 9.47 Å². The van der Waals surface area contributed by atoms with Crippen LogP contribution in [0.15, 0.2) is 54.3 Å². The Morgan fingerprint density at radius 3 is 2.75 bits per heavy atom. The molecule has 2 amide bonds. The molecule has 1 saturated heterocycles. The number of piperazine rings is 1. The van der Waals surface area contributed by atoms with Gasteiger partial charge in [0.25, 0.3) is 0 Å². The first-order valence-corrected chi connectivity index (χ1v) is 9.26. The normalized spacial score (nSPS) is 17.7. The molecule has 1 fully saturated rings. The van der Waals surface area contributed by atoms with Crippen molar-refractivity contribution in [2.75, 3.05) is 50.8 Å². The minimum Gasteiger partial charge on any atom is -0.491 e. The third-order valence-corrected chi connectivity index (χ3v) is 4.67. The first kappa shape index (κ1) is 19.7. The monoisotopic (exact) mass is 388 g/mol. The fourth-order valence-corrected chi connectivity index (χ4v) is 3.24. The zero-order chi connectivity index (χ0) is 19.9. The number of carbonyl (C=O) groups is 1. The summed E-state index contributed by atoms with van der Waals surface area (Å²) in [5.41, 5.74) is 1.32. The quantitative estimate of drug-likeness (QED) is 0.785. The first-order valence-electron chi connectivity index (χ1n) is 9.26. The summed E-state index contributed by atoms with van der Waals surface area (Å²) in [5.74, 6) is 0.990. The fourth-order valence-electron chi connectivity index (χ4n) is 3.24. The average molecular weight is 388 g/mol. The predicted molar refractivity (Wildman–Crippen MR) is 104 cm³/mol. The summed E-state index contributed by atoms with van der Waals surface area (Å²) in [6.07, 6.45) is 6.23. The maximum absolute atomic E-state index is 13.9. The van der Waals surface area contributed by atoms with Crippen LogP contribution in [0.4, 0.5) is 14.9 Å². The van der Waals surface area contributed by atoms with Gasteiger partial charge in [0.1, 0.15) is 19.0 Å². The van der Waals surface area contributed by atoms with Crippen LogP contribution in [0.25, 0.3) is 0 Å². The van der Waals surface area contributed by atoms with Crippen molar-refractivity contribution >= 4 is 11.7 Å². The van der Waals surface area contributed by atoms with Gasteiger partial charge in [0.2, 0.25) is 0 Å². The molecule has 8 heteroatoms. The van der Waals surface area contributed by atoms with Crippen LogP contribution >= 0.6 is 0 Å². The molecule has 3 rings (SSSR count). The van der Waals surface area contributed by atoms with E-state index in [4.69, 9.17) is 9.47 Å². The summed E-state index contributed by atoms with van der Waals surface area (Å²) in [6, 6.07) is 1.49. The number of allylic oxidation sites excluding steroid dienone is 3. The summed E-state index contributed by atoms with van der Waals surface area (Å²) in [7, 11) is 0. The maximum Gasteiger partial charge on any atom is 0.317 e. The first-order chi connectivity index (χ1) is 13.6. The van der Waals surface area contributed by atoms with Crippen LogP contribution in [0.1, 0.15) is 6.92 Å². The van der Waals surface area contributed by atoms with Gasteiger partial charge in [-0.15, -0.1) is 0 Å². The number of carbonyl (C=O) groups excluding carboxylic acids is 1. The van der Waals surface area contributed by atoms with Gasteiger partial charge in [0.05, 0.1) is 11.9 Å². The zero-order valence-electron chi connectivity index (χ0n) is 16.0. The molecule has 0 saturated carbocycles. The summed E-state index contributed by atoms with van der Waals surface area (Å²) >= 11 is 0. The summed E-state index contributed by atoms with van der Waals surface area (Å²) in [5, 5.41) is 2.92. The van der Waals surface area contributed by atoms with Crippen molar-refractivity contribution in [2.24, 2.45) is 0 Å². The van der Waals surface area contributed by atoms with E-state index >= 15 is 0 Å². The molecular weight excluding hydrogens is 363 g/mol. The van der Waals surface area contributed by atoms with Crippen LogP contribution in [-0.4, -0.2) is 61.9 Å². The number of aromatic nitrogens is 1. The van der Waals surface area contributed by atoms with Gasteiger partial charge in [-0.2, -0.15) is 0 Å².